The Kier molecular flexibility index (Phi) is 4.60. The minimum atomic E-state index is -0.139. The van der Waals surface area contributed by atoms with Crippen LogP contribution < -0.4 is 4.74 Å². The zero-order valence-electron chi connectivity index (χ0n) is 16.0. The molecule has 3 aromatic rings. The summed E-state index contributed by atoms with van der Waals surface area (Å²) in [5.41, 5.74) is 4.51. The molecule has 7 heteroatoms. The molecule has 0 saturated heterocycles. The molecule has 0 N–H and O–H groups in total. The standard InChI is InChI=1S/C22H20N4O2S/c1-26(13-15-11-23-9-14-10-24-12-18(14)15)22(27)19-7-6-17(20-3-2-8-29-20)21(25-19)28-16-4-5-16/h2-3,6-11,16H,4-5,12-13H2,1H3. The molecule has 5 rings (SSSR count). The average molecular weight is 404 g/mol. The van der Waals surface area contributed by atoms with E-state index in [1.165, 1.54) is 0 Å². The molecule has 0 bridgehead atoms. The second kappa shape index (κ2) is 7.40. The highest BCUT2D eigenvalue weighted by Gasteiger charge is 2.27. The van der Waals surface area contributed by atoms with Crippen LogP contribution >= 0.6 is 11.3 Å². The highest BCUT2D eigenvalue weighted by molar-refractivity contribution is 7.13. The molecule has 0 radical (unpaired) electrons. The lowest BCUT2D eigenvalue weighted by Gasteiger charge is -2.19. The predicted octanol–water partition coefficient (Wildman–Crippen LogP) is 3.95. The summed E-state index contributed by atoms with van der Waals surface area (Å²) in [6.45, 7) is 1.11. The molecule has 1 fully saturated rings. The Morgan fingerprint density at radius 1 is 1.28 bits per heavy atom. The molecule has 1 amide bonds. The second-order valence-corrected chi connectivity index (χ2v) is 8.29. The quantitative estimate of drug-likeness (QED) is 0.624. The van der Waals surface area contributed by atoms with Gasteiger partial charge < -0.3 is 9.64 Å². The summed E-state index contributed by atoms with van der Waals surface area (Å²) in [5.74, 6) is 0.407. The van der Waals surface area contributed by atoms with Crippen LogP contribution in [0.2, 0.25) is 0 Å². The minimum Gasteiger partial charge on any atom is -0.474 e. The molecular formula is C22H20N4O2S. The first kappa shape index (κ1) is 18.0. The van der Waals surface area contributed by atoms with Crippen molar-refractivity contribution >= 4 is 23.5 Å². The first-order valence-corrected chi connectivity index (χ1v) is 10.5. The largest absolute Gasteiger partial charge is 0.474 e. The van der Waals surface area contributed by atoms with E-state index in [9.17, 15) is 4.79 Å². The number of carbonyl (C=O) groups excluding carboxylic acids is 1. The molecule has 1 saturated carbocycles. The average Bonchev–Trinajstić information content (AvgIpc) is 3.20. The number of pyridine rings is 2. The van der Waals surface area contributed by atoms with Crippen LogP contribution in [0.15, 0.2) is 47.0 Å². The first-order chi connectivity index (χ1) is 14.2. The molecule has 146 valence electrons. The molecule has 29 heavy (non-hydrogen) atoms. The van der Waals surface area contributed by atoms with Crippen LogP contribution in [-0.4, -0.2) is 40.1 Å². The van der Waals surface area contributed by atoms with Gasteiger partial charge in [0.05, 0.1) is 12.1 Å². The molecule has 1 aliphatic carbocycles. The van der Waals surface area contributed by atoms with Gasteiger partial charge in [0.1, 0.15) is 11.8 Å². The summed E-state index contributed by atoms with van der Waals surface area (Å²) in [6, 6.07) is 7.77. The van der Waals surface area contributed by atoms with Gasteiger partial charge in [-0.15, -0.1) is 11.3 Å². The number of aromatic nitrogens is 2. The number of hydrogen-bond acceptors (Lipinski definition) is 6. The van der Waals surface area contributed by atoms with E-state index in [1.54, 1.807) is 29.4 Å². The van der Waals surface area contributed by atoms with Crippen molar-refractivity contribution in [2.24, 2.45) is 4.99 Å². The van der Waals surface area contributed by atoms with Crippen LogP contribution in [0.4, 0.5) is 0 Å². The van der Waals surface area contributed by atoms with Gasteiger partial charge in [-0.2, -0.15) is 0 Å². The second-order valence-electron chi connectivity index (χ2n) is 7.34. The third kappa shape index (κ3) is 3.65. The van der Waals surface area contributed by atoms with Crippen molar-refractivity contribution in [1.29, 1.82) is 0 Å². The molecular weight excluding hydrogens is 384 g/mol. The van der Waals surface area contributed by atoms with Crippen molar-refractivity contribution in [3.8, 4) is 16.3 Å². The normalized spacial score (nSPS) is 14.7. The molecule has 6 nitrogen and oxygen atoms in total. The van der Waals surface area contributed by atoms with Crippen molar-refractivity contribution in [3.63, 3.8) is 0 Å². The monoisotopic (exact) mass is 404 g/mol. The van der Waals surface area contributed by atoms with Gasteiger partial charge in [0.2, 0.25) is 5.88 Å². The van der Waals surface area contributed by atoms with Crippen molar-refractivity contribution in [1.82, 2.24) is 14.9 Å². The van der Waals surface area contributed by atoms with Crippen molar-refractivity contribution in [3.05, 3.63) is 64.4 Å². The van der Waals surface area contributed by atoms with Crippen LogP contribution in [0.5, 0.6) is 5.88 Å². The van der Waals surface area contributed by atoms with E-state index >= 15 is 0 Å². The van der Waals surface area contributed by atoms with Crippen molar-refractivity contribution in [2.45, 2.75) is 32.0 Å². The van der Waals surface area contributed by atoms with E-state index in [1.807, 2.05) is 42.2 Å². The zero-order chi connectivity index (χ0) is 19.8. The van der Waals surface area contributed by atoms with Gasteiger partial charge >= 0.3 is 0 Å². The van der Waals surface area contributed by atoms with Crippen molar-refractivity contribution in [2.75, 3.05) is 7.05 Å². The Bertz CT molecular complexity index is 1090. The van der Waals surface area contributed by atoms with E-state index in [0.717, 1.165) is 40.0 Å². The van der Waals surface area contributed by atoms with Gasteiger partial charge in [-0.25, -0.2) is 4.98 Å². The van der Waals surface area contributed by atoms with Gasteiger partial charge in [0, 0.05) is 42.6 Å². The van der Waals surface area contributed by atoms with Crippen LogP contribution in [0.3, 0.4) is 0 Å². The van der Waals surface area contributed by atoms with Crippen molar-refractivity contribution < 1.29 is 9.53 Å². The third-order valence-electron chi connectivity index (χ3n) is 5.08. The Morgan fingerprint density at radius 3 is 2.97 bits per heavy atom. The fraction of sp³-hybridized carbons (Fsp3) is 0.273. The Labute approximate surface area is 172 Å². The molecule has 0 aromatic carbocycles. The van der Waals surface area contributed by atoms with E-state index in [-0.39, 0.29) is 12.0 Å². The highest BCUT2D eigenvalue weighted by Crippen LogP contribution is 2.36. The number of thiophene rings is 1. The van der Waals surface area contributed by atoms with E-state index in [2.05, 4.69) is 15.0 Å². The number of fused-ring (bicyclic) bond motifs is 1. The minimum absolute atomic E-state index is 0.139. The number of aliphatic imine (C=N–C) groups is 1. The van der Waals surface area contributed by atoms with E-state index < -0.39 is 0 Å². The predicted molar refractivity (Wildman–Crippen MR) is 113 cm³/mol. The summed E-state index contributed by atoms with van der Waals surface area (Å²) >= 11 is 1.64. The lowest BCUT2D eigenvalue weighted by Crippen LogP contribution is -2.27. The van der Waals surface area contributed by atoms with Gasteiger partial charge in [0.25, 0.3) is 5.91 Å². The summed E-state index contributed by atoms with van der Waals surface area (Å²) in [5, 5.41) is 2.03. The van der Waals surface area contributed by atoms with E-state index in [0.29, 0.717) is 24.7 Å². The number of carbonyl (C=O) groups is 1. The van der Waals surface area contributed by atoms with Gasteiger partial charge in [-0.3, -0.25) is 14.8 Å². The molecule has 4 heterocycles. The zero-order valence-corrected chi connectivity index (χ0v) is 16.9. The topological polar surface area (TPSA) is 67.7 Å². The van der Waals surface area contributed by atoms with Crippen LogP contribution in [0.1, 0.15) is 40.0 Å². The molecule has 1 aliphatic heterocycles. The van der Waals surface area contributed by atoms with Gasteiger partial charge in [-0.1, -0.05) is 6.07 Å². The summed E-state index contributed by atoms with van der Waals surface area (Å²) in [6.07, 6.45) is 7.74. The Balaban J connectivity index is 1.40. The number of amides is 1. The maximum absolute atomic E-state index is 13.1. The highest BCUT2D eigenvalue weighted by atomic mass is 32.1. The summed E-state index contributed by atoms with van der Waals surface area (Å²) in [4.78, 5) is 29.0. The van der Waals surface area contributed by atoms with E-state index in [4.69, 9.17) is 4.74 Å². The lowest BCUT2D eigenvalue weighted by molar-refractivity contribution is 0.0777. The fourth-order valence-electron chi connectivity index (χ4n) is 3.36. The molecule has 0 unspecified atom stereocenters. The Hall–Kier alpha value is -3.06. The summed E-state index contributed by atoms with van der Waals surface area (Å²) in [7, 11) is 1.79. The third-order valence-corrected chi connectivity index (χ3v) is 5.99. The molecule has 0 spiro atoms. The molecule has 2 aliphatic rings. The van der Waals surface area contributed by atoms with Gasteiger partial charge in [0.15, 0.2) is 0 Å². The lowest BCUT2D eigenvalue weighted by atomic mass is 10.1. The van der Waals surface area contributed by atoms with Crippen LogP contribution in [0, 0.1) is 0 Å². The van der Waals surface area contributed by atoms with Crippen LogP contribution in [0.25, 0.3) is 10.4 Å². The number of ether oxygens (including phenoxy) is 1. The number of rotatable bonds is 6. The fourth-order valence-corrected chi connectivity index (χ4v) is 4.10. The Morgan fingerprint density at radius 2 is 2.17 bits per heavy atom. The maximum Gasteiger partial charge on any atom is 0.272 e. The first-order valence-electron chi connectivity index (χ1n) is 9.61. The van der Waals surface area contributed by atoms with Gasteiger partial charge in [-0.05, 0) is 47.5 Å². The molecule has 3 aromatic heterocycles. The number of hydrogen-bond donors (Lipinski definition) is 0. The van der Waals surface area contributed by atoms with Crippen LogP contribution in [-0.2, 0) is 13.1 Å². The number of nitrogens with zero attached hydrogens (tertiary/aromatic N) is 4. The summed E-state index contributed by atoms with van der Waals surface area (Å²) < 4.78 is 6.03. The molecule has 0 atom stereocenters. The smallest absolute Gasteiger partial charge is 0.272 e. The SMILES string of the molecule is CN(Cc1cncc2c1CN=C2)C(=O)c1ccc(-c2cccs2)c(OC2CC2)n1. The maximum atomic E-state index is 13.1.